The van der Waals surface area contributed by atoms with E-state index in [1.807, 2.05) is 103 Å². The van der Waals surface area contributed by atoms with Gasteiger partial charge in [-0.25, -0.2) is 9.79 Å². The fourth-order valence-electron chi connectivity index (χ4n) is 5.35. The summed E-state index contributed by atoms with van der Waals surface area (Å²) in [4.78, 5) is 33.3. The van der Waals surface area contributed by atoms with Crippen molar-refractivity contribution in [3.05, 3.63) is 151 Å². The van der Waals surface area contributed by atoms with Crippen molar-refractivity contribution in [1.29, 1.82) is 0 Å². The molecule has 5 aromatic rings. The van der Waals surface area contributed by atoms with Gasteiger partial charge < -0.3 is 18.9 Å². The van der Waals surface area contributed by atoms with E-state index in [0.717, 1.165) is 16.7 Å². The van der Waals surface area contributed by atoms with Crippen molar-refractivity contribution in [3.63, 3.8) is 0 Å². The number of carbonyl (C=O) groups is 1. The van der Waals surface area contributed by atoms with Gasteiger partial charge in [-0.05, 0) is 54.0 Å². The highest BCUT2D eigenvalue weighted by Gasteiger charge is 2.35. The summed E-state index contributed by atoms with van der Waals surface area (Å²) in [6.07, 6.45) is 1.80. The molecule has 0 aliphatic carbocycles. The lowest BCUT2D eigenvalue weighted by Crippen LogP contribution is -2.40. The van der Waals surface area contributed by atoms with Gasteiger partial charge >= 0.3 is 5.97 Å². The SMILES string of the molecule is CCOC(=O)C1=C(c2ccccc2)N=c2s/c(=C\c3ccc(OCc4ccccc4)c(OC)c3)c(=O)n2C1c1cccc(OC)c1. The van der Waals surface area contributed by atoms with Gasteiger partial charge in [0.25, 0.3) is 5.56 Å². The number of benzene rings is 4. The summed E-state index contributed by atoms with van der Waals surface area (Å²) < 4.78 is 24.7. The van der Waals surface area contributed by atoms with E-state index in [-0.39, 0.29) is 17.7 Å². The van der Waals surface area contributed by atoms with Crippen LogP contribution in [0.5, 0.6) is 17.2 Å². The number of nitrogens with zero attached hydrogens (tertiary/aromatic N) is 2. The van der Waals surface area contributed by atoms with Gasteiger partial charge in [0.2, 0.25) is 0 Å². The van der Waals surface area contributed by atoms with Gasteiger partial charge in [0.05, 0.1) is 42.7 Å². The number of carbonyl (C=O) groups excluding carboxylic acids is 1. The molecule has 1 aromatic heterocycles. The minimum atomic E-state index is -0.800. The summed E-state index contributed by atoms with van der Waals surface area (Å²) in [5.41, 5.74) is 3.68. The van der Waals surface area contributed by atoms with Gasteiger partial charge in [0.15, 0.2) is 16.3 Å². The molecular formula is C37H32N2O6S. The molecule has 0 radical (unpaired) electrons. The normalized spacial score (nSPS) is 14.3. The maximum absolute atomic E-state index is 14.2. The van der Waals surface area contributed by atoms with Crippen LogP contribution in [0.3, 0.4) is 0 Å². The Morgan fingerprint density at radius 3 is 2.37 bits per heavy atom. The molecule has 4 aromatic carbocycles. The largest absolute Gasteiger partial charge is 0.497 e. The molecule has 0 amide bonds. The lowest BCUT2D eigenvalue weighted by Gasteiger charge is -2.26. The van der Waals surface area contributed by atoms with Crippen molar-refractivity contribution >= 4 is 29.1 Å². The molecule has 1 aliphatic rings. The second-order valence-electron chi connectivity index (χ2n) is 10.4. The zero-order valence-corrected chi connectivity index (χ0v) is 26.5. The molecular weight excluding hydrogens is 600 g/mol. The first kappa shape index (κ1) is 30.6. The molecule has 0 spiro atoms. The van der Waals surface area contributed by atoms with Crippen LogP contribution < -0.4 is 29.1 Å². The highest BCUT2D eigenvalue weighted by molar-refractivity contribution is 7.07. The second kappa shape index (κ2) is 13.7. The van der Waals surface area contributed by atoms with Gasteiger partial charge in [-0.1, -0.05) is 90.2 Å². The zero-order valence-electron chi connectivity index (χ0n) is 25.6. The van der Waals surface area contributed by atoms with E-state index < -0.39 is 12.0 Å². The Kier molecular flexibility index (Phi) is 9.12. The Hall–Kier alpha value is -5.41. The van der Waals surface area contributed by atoms with E-state index in [4.69, 9.17) is 23.9 Å². The van der Waals surface area contributed by atoms with Crippen LogP contribution in [0, 0.1) is 0 Å². The monoisotopic (exact) mass is 632 g/mol. The molecule has 1 atom stereocenters. The van der Waals surface area contributed by atoms with Crippen LogP contribution in [-0.4, -0.2) is 31.4 Å². The number of rotatable bonds is 10. The maximum Gasteiger partial charge on any atom is 0.338 e. The minimum absolute atomic E-state index is 0.173. The number of fused-ring (bicyclic) bond motifs is 1. The average Bonchev–Trinajstić information content (AvgIpc) is 3.41. The summed E-state index contributed by atoms with van der Waals surface area (Å²) in [6, 6.07) is 31.4. The molecule has 0 fully saturated rings. The van der Waals surface area contributed by atoms with E-state index in [2.05, 4.69) is 0 Å². The van der Waals surface area contributed by atoms with Gasteiger partial charge in [-0.15, -0.1) is 0 Å². The molecule has 6 rings (SSSR count). The Labute approximate surface area is 270 Å². The highest BCUT2D eigenvalue weighted by Crippen LogP contribution is 2.36. The molecule has 0 saturated heterocycles. The van der Waals surface area contributed by atoms with Crippen molar-refractivity contribution in [2.45, 2.75) is 19.6 Å². The van der Waals surface area contributed by atoms with Crippen molar-refractivity contribution in [2.75, 3.05) is 20.8 Å². The first-order valence-electron chi connectivity index (χ1n) is 14.8. The molecule has 0 N–H and O–H groups in total. The molecule has 0 bridgehead atoms. The van der Waals surface area contributed by atoms with Crippen molar-refractivity contribution in [1.82, 2.24) is 4.57 Å². The topological polar surface area (TPSA) is 88.4 Å². The average molecular weight is 633 g/mol. The number of aromatic nitrogens is 1. The third-order valence-corrected chi connectivity index (χ3v) is 8.49. The number of ether oxygens (including phenoxy) is 4. The summed E-state index contributed by atoms with van der Waals surface area (Å²) in [7, 11) is 3.16. The summed E-state index contributed by atoms with van der Waals surface area (Å²) in [6.45, 7) is 2.32. The Morgan fingerprint density at radius 1 is 0.891 bits per heavy atom. The second-order valence-corrected chi connectivity index (χ2v) is 11.4. The molecule has 232 valence electrons. The van der Waals surface area contributed by atoms with Crippen molar-refractivity contribution in [2.24, 2.45) is 4.99 Å². The van der Waals surface area contributed by atoms with Gasteiger partial charge in [-0.3, -0.25) is 9.36 Å². The third kappa shape index (κ3) is 6.23. The Balaban J connectivity index is 1.49. The van der Waals surface area contributed by atoms with Gasteiger partial charge in [0, 0.05) is 5.56 Å². The van der Waals surface area contributed by atoms with E-state index in [1.54, 1.807) is 31.8 Å². The minimum Gasteiger partial charge on any atom is -0.497 e. The van der Waals surface area contributed by atoms with Gasteiger partial charge in [0.1, 0.15) is 12.4 Å². The van der Waals surface area contributed by atoms with E-state index >= 15 is 0 Å². The smallest absolute Gasteiger partial charge is 0.338 e. The number of thiazole rings is 1. The summed E-state index contributed by atoms with van der Waals surface area (Å²) in [5, 5.41) is 0. The first-order valence-corrected chi connectivity index (χ1v) is 15.6. The lowest BCUT2D eigenvalue weighted by atomic mass is 9.93. The van der Waals surface area contributed by atoms with Crippen molar-refractivity contribution < 1.29 is 23.7 Å². The molecule has 0 saturated carbocycles. The summed E-state index contributed by atoms with van der Waals surface area (Å²) >= 11 is 1.25. The molecule has 9 heteroatoms. The zero-order chi connectivity index (χ0) is 32.0. The van der Waals surface area contributed by atoms with Crippen LogP contribution in [0.2, 0.25) is 0 Å². The number of methoxy groups -OCH3 is 2. The predicted molar refractivity (Wildman–Crippen MR) is 178 cm³/mol. The number of esters is 1. The van der Waals surface area contributed by atoms with Crippen molar-refractivity contribution in [3.8, 4) is 17.2 Å². The predicted octanol–water partition coefficient (Wildman–Crippen LogP) is 5.53. The van der Waals surface area contributed by atoms with Crippen LogP contribution in [0.1, 0.15) is 35.2 Å². The number of hydrogen-bond acceptors (Lipinski definition) is 8. The van der Waals surface area contributed by atoms with Gasteiger partial charge in [-0.2, -0.15) is 0 Å². The van der Waals surface area contributed by atoms with Crippen LogP contribution in [0.4, 0.5) is 0 Å². The standard InChI is InChI=1S/C37H32N2O6S/c1-4-44-36(41)32-33(26-14-9-6-10-15-26)38-37-39(34(32)27-16-11-17-28(22-27)42-2)35(40)31(46-37)21-25-18-19-29(30(20-25)43-3)45-23-24-12-7-5-8-13-24/h5-22,34H,4,23H2,1-3H3/b31-21-. The fraction of sp³-hybridized carbons (Fsp3) is 0.162. The lowest BCUT2D eigenvalue weighted by molar-refractivity contribution is -0.138. The molecule has 46 heavy (non-hydrogen) atoms. The Morgan fingerprint density at radius 2 is 1.65 bits per heavy atom. The van der Waals surface area contributed by atoms with E-state index in [9.17, 15) is 9.59 Å². The maximum atomic E-state index is 14.2. The van der Waals surface area contributed by atoms with Crippen LogP contribution in [-0.2, 0) is 16.1 Å². The van der Waals surface area contributed by atoms with Crippen LogP contribution in [0.15, 0.2) is 118 Å². The molecule has 2 heterocycles. The van der Waals surface area contributed by atoms with E-state index in [1.165, 1.54) is 11.3 Å². The highest BCUT2D eigenvalue weighted by atomic mass is 32.1. The number of hydrogen-bond donors (Lipinski definition) is 0. The third-order valence-electron chi connectivity index (χ3n) is 7.51. The molecule has 1 aliphatic heterocycles. The quantitative estimate of drug-likeness (QED) is 0.188. The summed E-state index contributed by atoms with van der Waals surface area (Å²) in [5.74, 6) is 1.20. The fourth-order valence-corrected chi connectivity index (χ4v) is 6.35. The molecule has 1 unspecified atom stereocenters. The van der Waals surface area contributed by atoms with E-state index in [0.29, 0.717) is 44.4 Å². The Bertz CT molecular complexity index is 2080. The molecule has 8 nitrogen and oxygen atoms in total. The van der Waals surface area contributed by atoms with Crippen LogP contribution in [0.25, 0.3) is 11.8 Å². The van der Waals surface area contributed by atoms with Crippen LogP contribution >= 0.6 is 11.3 Å². The first-order chi connectivity index (χ1) is 22.5.